The minimum absolute atomic E-state index is 0.153. The average molecular weight is 355 g/mol. The summed E-state index contributed by atoms with van der Waals surface area (Å²) < 4.78 is 1.05. The van der Waals surface area contributed by atoms with Gasteiger partial charge in [0.15, 0.2) is 0 Å². The number of amides is 1. The lowest BCUT2D eigenvalue weighted by Crippen LogP contribution is -2.39. The van der Waals surface area contributed by atoms with Crippen LogP contribution in [0.2, 0.25) is 0 Å². The van der Waals surface area contributed by atoms with Crippen molar-refractivity contribution in [2.45, 2.75) is 13.3 Å². The van der Waals surface area contributed by atoms with Crippen molar-refractivity contribution in [3.8, 4) is 0 Å². The van der Waals surface area contributed by atoms with E-state index in [4.69, 9.17) is 0 Å². The summed E-state index contributed by atoms with van der Waals surface area (Å²) in [5.74, 6) is 0.153. The highest BCUT2D eigenvalue weighted by atomic mass is 79.9. The average Bonchev–Trinajstić information content (AvgIpc) is 2.89. The summed E-state index contributed by atoms with van der Waals surface area (Å²) in [7, 11) is 0. The van der Waals surface area contributed by atoms with Crippen LogP contribution >= 0.6 is 15.9 Å². The van der Waals surface area contributed by atoms with Crippen molar-refractivity contribution in [2.75, 3.05) is 11.6 Å². The number of anilines is 1. The second-order valence-corrected chi connectivity index (χ2v) is 6.59. The van der Waals surface area contributed by atoms with Gasteiger partial charge in [-0.3, -0.25) is 9.80 Å². The zero-order valence-electron chi connectivity index (χ0n) is 12.2. The summed E-state index contributed by atoms with van der Waals surface area (Å²) in [5, 5.41) is 3.90. The zero-order chi connectivity index (χ0) is 15.3. The molecule has 22 heavy (non-hydrogen) atoms. The quantitative estimate of drug-likeness (QED) is 0.765. The first-order chi connectivity index (χ1) is 10.6. The highest BCUT2D eigenvalue weighted by molar-refractivity contribution is 9.10. The van der Waals surface area contributed by atoms with Crippen LogP contribution in [-0.4, -0.2) is 17.5 Å². The Bertz CT molecular complexity index is 795. The van der Waals surface area contributed by atoms with Gasteiger partial charge in [-0.15, -0.1) is 0 Å². The molecule has 1 fully saturated rings. The van der Waals surface area contributed by atoms with Gasteiger partial charge in [0.2, 0.25) is 5.91 Å². The molecule has 110 valence electrons. The number of aryl methyl sites for hydroxylation is 1. The fraction of sp³-hybridized carbons (Fsp3) is 0.167. The lowest BCUT2D eigenvalue weighted by atomic mass is 10.0. The van der Waals surface area contributed by atoms with Gasteiger partial charge in [0.05, 0.1) is 11.4 Å². The summed E-state index contributed by atoms with van der Waals surface area (Å²) in [6, 6.07) is 14.5. The molecule has 1 saturated heterocycles. The van der Waals surface area contributed by atoms with Gasteiger partial charge in [-0.1, -0.05) is 45.8 Å². The second-order valence-electron chi connectivity index (χ2n) is 5.68. The summed E-state index contributed by atoms with van der Waals surface area (Å²) >= 11 is 3.53. The van der Waals surface area contributed by atoms with Gasteiger partial charge in [-0.25, -0.2) is 5.01 Å². The zero-order valence-corrected chi connectivity index (χ0v) is 13.8. The molecule has 0 aliphatic carbocycles. The summed E-state index contributed by atoms with van der Waals surface area (Å²) in [4.78, 5) is 12.4. The van der Waals surface area contributed by atoms with Gasteiger partial charge in [-0.05, 0) is 31.2 Å². The third-order valence-corrected chi connectivity index (χ3v) is 4.64. The van der Waals surface area contributed by atoms with E-state index in [0.29, 0.717) is 6.42 Å². The fourth-order valence-electron chi connectivity index (χ4n) is 3.05. The van der Waals surface area contributed by atoms with Gasteiger partial charge >= 0.3 is 0 Å². The van der Waals surface area contributed by atoms with Crippen LogP contribution in [0.15, 0.2) is 46.9 Å². The third-order valence-electron chi connectivity index (χ3n) is 4.15. The number of hydrogen-bond acceptors (Lipinski definition) is 2. The molecule has 0 radical (unpaired) electrons. The van der Waals surface area contributed by atoms with Crippen molar-refractivity contribution in [3.63, 3.8) is 0 Å². The van der Waals surface area contributed by atoms with Crippen LogP contribution in [-0.2, 0) is 4.79 Å². The molecule has 0 N–H and O–H groups in total. The number of carbonyl (C=O) groups is 1. The third kappa shape index (κ3) is 2.06. The fourth-order valence-corrected chi connectivity index (χ4v) is 3.43. The summed E-state index contributed by atoms with van der Waals surface area (Å²) in [6.07, 6.45) is 2.66. The number of rotatable bonds is 1. The lowest BCUT2D eigenvalue weighted by Gasteiger charge is -2.36. The number of carbonyl (C=O) groups excluding carboxylic acids is 1. The molecule has 2 aliphatic rings. The summed E-state index contributed by atoms with van der Waals surface area (Å²) in [6.45, 7) is 2.80. The van der Waals surface area contributed by atoms with E-state index < -0.39 is 0 Å². The van der Waals surface area contributed by atoms with Crippen LogP contribution in [0.1, 0.15) is 23.1 Å². The van der Waals surface area contributed by atoms with E-state index in [-0.39, 0.29) is 5.91 Å². The van der Waals surface area contributed by atoms with Gasteiger partial charge in [0.25, 0.3) is 0 Å². The number of fused-ring (bicyclic) bond motifs is 3. The normalized spacial score (nSPS) is 16.5. The van der Waals surface area contributed by atoms with E-state index in [1.807, 2.05) is 11.1 Å². The Morgan fingerprint density at radius 1 is 1.09 bits per heavy atom. The van der Waals surface area contributed by atoms with E-state index in [0.717, 1.165) is 33.5 Å². The molecular formula is C18H15BrN2O. The van der Waals surface area contributed by atoms with Crippen LogP contribution in [0.3, 0.4) is 0 Å². The van der Waals surface area contributed by atoms with Crippen LogP contribution in [0.25, 0.3) is 11.8 Å². The molecule has 2 heterocycles. The second kappa shape index (κ2) is 4.99. The van der Waals surface area contributed by atoms with Crippen molar-refractivity contribution < 1.29 is 4.79 Å². The maximum absolute atomic E-state index is 12.4. The first-order valence-electron chi connectivity index (χ1n) is 7.32. The lowest BCUT2D eigenvalue weighted by molar-refractivity contribution is -0.125. The largest absolute Gasteiger partial charge is 0.277 e. The van der Waals surface area contributed by atoms with E-state index in [1.54, 1.807) is 0 Å². The standard InChI is InChI=1S/C18H15BrN2O/c1-12-2-4-13(5-3-12)17-11-14-10-15(19)6-7-16(14)20-9-8-18(22)21(17)20/h2-7,10-11H,8-9H2,1H3. The van der Waals surface area contributed by atoms with Crippen molar-refractivity contribution in [3.05, 3.63) is 63.6 Å². The number of benzene rings is 2. The van der Waals surface area contributed by atoms with Gasteiger partial charge < -0.3 is 0 Å². The van der Waals surface area contributed by atoms with Gasteiger partial charge in [0, 0.05) is 28.6 Å². The van der Waals surface area contributed by atoms with Gasteiger partial charge in [0.1, 0.15) is 0 Å². The molecule has 2 aromatic rings. The number of halogens is 1. The van der Waals surface area contributed by atoms with Crippen LogP contribution in [0.5, 0.6) is 0 Å². The van der Waals surface area contributed by atoms with Crippen LogP contribution in [0, 0.1) is 6.92 Å². The molecule has 2 aromatic carbocycles. The molecular weight excluding hydrogens is 340 g/mol. The first kappa shape index (κ1) is 13.6. The van der Waals surface area contributed by atoms with Crippen molar-refractivity contribution in [1.29, 1.82) is 0 Å². The Hall–Kier alpha value is -2.07. The summed E-state index contributed by atoms with van der Waals surface area (Å²) in [5.41, 5.74) is 5.46. The molecule has 4 heteroatoms. The molecule has 0 atom stereocenters. The number of hydrazine groups is 1. The molecule has 1 amide bonds. The number of hydrogen-bond donors (Lipinski definition) is 0. The predicted molar refractivity (Wildman–Crippen MR) is 92.0 cm³/mol. The van der Waals surface area contributed by atoms with Crippen molar-refractivity contribution in [2.24, 2.45) is 0 Å². The topological polar surface area (TPSA) is 23.6 Å². The monoisotopic (exact) mass is 354 g/mol. The van der Waals surface area contributed by atoms with Crippen LogP contribution < -0.4 is 5.01 Å². The minimum Gasteiger partial charge on any atom is -0.277 e. The van der Waals surface area contributed by atoms with Crippen LogP contribution in [0.4, 0.5) is 5.69 Å². The first-order valence-corrected chi connectivity index (χ1v) is 8.11. The molecule has 0 aromatic heterocycles. The Kier molecular flexibility index (Phi) is 3.08. The van der Waals surface area contributed by atoms with E-state index in [9.17, 15) is 4.79 Å². The highest BCUT2D eigenvalue weighted by Gasteiger charge is 2.36. The molecule has 0 saturated carbocycles. The van der Waals surface area contributed by atoms with E-state index >= 15 is 0 Å². The Balaban J connectivity index is 1.91. The number of nitrogens with zero attached hydrogens (tertiary/aromatic N) is 2. The Morgan fingerprint density at radius 2 is 1.86 bits per heavy atom. The maximum Gasteiger partial charge on any atom is 0.247 e. The van der Waals surface area contributed by atoms with Crippen molar-refractivity contribution in [1.82, 2.24) is 5.01 Å². The highest BCUT2D eigenvalue weighted by Crippen LogP contribution is 2.40. The smallest absolute Gasteiger partial charge is 0.247 e. The molecule has 0 bridgehead atoms. The van der Waals surface area contributed by atoms with E-state index in [2.05, 4.69) is 70.3 Å². The predicted octanol–water partition coefficient (Wildman–Crippen LogP) is 4.22. The molecule has 0 unspecified atom stereocenters. The molecule has 2 aliphatic heterocycles. The van der Waals surface area contributed by atoms with E-state index in [1.165, 1.54) is 5.56 Å². The molecule has 3 nitrogen and oxygen atoms in total. The Morgan fingerprint density at radius 3 is 2.64 bits per heavy atom. The Labute approximate surface area is 137 Å². The molecule has 4 rings (SSSR count). The minimum atomic E-state index is 0.153. The maximum atomic E-state index is 12.4. The van der Waals surface area contributed by atoms with Crippen molar-refractivity contribution >= 4 is 39.3 Å². The SMILES string of the molecule is Cc1ccc(C2=Cc3cc(Br)ccc3N3CCC(=O)N23)cc1. The van der Waals surface area contributed by atoms with Gasteiger partial charge in [-0.2, -0.15) is 0 Å². The molecule has 0 spiro atoms.